The number of benzene rings is 1. The van der Waals surface area contributed by atoms with Crippen LogP contribution in [0.1, 0.15) is 28.2 Å². The molecule has 0 radical (unpaired) electrons. The Morgan fingerprint density at radius 3 is 2.67 bits per heavy atom. The molecule has 0 aliphatic carbocycles. The molecule has 21 heavy (non-hydrogen) atoms. The average molecular weight is 346 g/mol. The maximum Gasteiger partial charge on any atom is 0.337 e. The van der Waals surface area contributed by atoms with Gasteiger partial charge in [-0.3, -0.25) is 0 Å². The van der Waals surface area contributed by atoms with Gasteiger partial charge in [-0.25, -0.2) is 17.9 Å². The molecule has 0 amide bonds. The second-order valence-electron chi connectivity index (χ2n) is 4.31. The van der Waals surface area contributed by atoms with Crippen molar-refractivity contribution in [3.63, 3.8) is 0 Å². The molecule has 2 rings (SSSR count). The predicted octanol–water partition coefficient (Wildman–Crippen LogP) is 3.14. The molecule has 0 saturated carbocycles. The van der Waals surface area contributed by atoms with Gasteiger partial charge in [-0.05, 0) is 36.6 Å². The molecule has 5 nitrogen and oxygen atoms in total. The number of nitrogens with one attached hydrogen (secondary N) is 1. The first-order valence-electron chi connectivity index (χ1n) is 5.90. The number of aromatic carboxylic acids is 1. The van der Waals surface area contributed by atoms with Crippen LogP contribution in [0.25, 0.3) is 0 Å². The van der Waals surface area contributed by atoms with Crippen molar-refractivity contribution >= 4 is 38.9 Å². The molecular weight excluding hydrogens is 334 g/mol. The molecule has 1 unspecified atom stereocenters. The van der Waals surface area contributed by atoms with E-state index in [-0.39, 0.29) is 15.5 Å². The normalized spacial score (nSPS) is 13.0. The first-order chi connectivity index (χ1) is 9.81. The third kappa shape index (κ3) is 3.62. The second kappa shape index (κ2) is 6.15. The van der Waals surface area contributed by atoms with Gasteiger partial charge in [0.1, 0.15) is 0 Å². The fraction of sp³-hybridized carbons (Fsp3) is 0.154. The minimum atomic E-state index is -3.82. The highest BCUT2D eigenvalue weighted by Gasteiger charge is 2.21. The van der Waals surface area contributed by atoms with E-state index in [0.717, 1.165) is 10.9 Å². The molecule has 0 fully saturated rings. The van der Waals surface area contributed by atoms with Crippen molar-refractivity contribution in [3.05, 3.63) is 51.2 Å². The predicted molar refractivity (Wildman–Crippen MR) is 81.5 cm³/mol. The highest BCUT2D eigenvalue weighted by Crippen LogP contribution is 2.24. The molecule has 2 N–H and O–H groups in total. The number of carboxylic acid groups (broad SMARTS) is 1. The number of sulfonamides is 1. The Morgan fingerprint density at radius 1 is 1.38 bits per heavy atom. The first kappa shape index (κ1) is 16.0. The molecule has 1 atom stereocenters. The van der Waals surface area contributed by atoms with E-state index in [0.29, 0.717) is 0 Å². The van der Waals surface area contributed by atoms with Crippen LogP contribution in [0.4, 0.5) is 0 Å². The van der Waals surface area contributed by atoms with Gasteiger partial charge in [0, 0.05) is 4.88 Å². The molecule has 1 heterocycles. The minimum Gasteiger partial charge on any atom is -0.478 e. The van der Waals surface area contributed by atoms with Crippen molar-refractivity contribution in [1.29, 1.82) is 0 Å². The highest BCUT2D eigenvalue weighted by atomic mass is 35.5. The maximum absolute atomic E-state index is 12.3. The summed E-state index contributed by atoms with van der Waals surface area (Å²) in [6, 6.07) is 6.83. The summed E-state index contributed by atoms with van der Waals surface area (Å²) in [5, 5.41) is 10.8. The van der Waals surface area contributed by atoms with E-state index in [1.165, 1.54) is 23.5 Å². The number of carbonyl (C=O) groups is 1. The lowest BCUT2D eigenvalue weighted by Gasteiger charge is -2.13. The SMILES string of the molecule is CC(NS(=O)(=O)c1ccc(Cl)c(C(=O)O)c1)c1cccs1. The van der Waals surface area contributed by atoms with E-state index < -0.39 is 22.0 Å². The van der Waals surface area contributed by atoms with Crippen molar-refractivity contribution < 1.29 is 18.3 Å². The Morgan fingerprint density at radius 2 is 2.10 bits per heavy atom. The summed E-state index contributed by atoms with van der Waals surface area (Å²) < 4.78 is 27.1. The van der Waals surface area contributed by atoms with E-state index in [1.54, 1.807) is 6.92 Å². The molecule has 0 aliphatic heterocycles. The summed E-state index contributed by atoms with van der Waals surface area (Å²) in [6.07, 6.45) is 0. The van der Waals surface area contributed by atoms with Crippen LogP contribution in [-0.4, -0.2) is 19.5 Å². The molecule has 0 saturated heterocycles. The molecule has 0 spiro atoms. The summed E-state index contributed by atoms with van der Waals surface area (Å²) in [4.78, 5) is 11.7. The van der Waals surface area contributed by atoms with Gasteiger partial charge >= 0.3 is 5.97 Å². The Bertz CT molecular complexity index is 756. The number of thiophene rings is 1. The smallest absolute Gasteiger partial charge is 0.337 e. The van der Waals surface area contributed by atoms with Crippen molar-refractivity contribution in [2.24, 2.45) is 0 Å². The average Bonchev–Trinajstić information content (AvgIpc) is 2.92. The monoisotopic (exact) mass is 345 g/mol. The maximum atomic E-state index is 12.3. The molecule has 112 valence electrons. The van der Waals surface area contributed by atoms with Gasteiger partial charge in [-0.1, -0.05) is 17.7 Å². The zero-order valence-corrected chi connectivity index (χ0v) is 13.3. The topological polar surface area (TPSA) is 83.5 Å². The number of hydrogen-bond acceptors (Lipinski definition) is 4. The van der Waals surface area contributed by atoms with E-state index in [2.05, 4.69) is 4.72 Å². The van der Waals surface area contributed by atoms with Gasteiger partial charge in [0.25, 0.3) is 0 Å². The summed E-state index contributed by atoms with van der Waals surface area (Å²) in [7, 11) is -3.82. The van der Waals surface area contributed by atoms with Crippen LogP contribution >= 0.6 is 22.9 Å². The Balaban J connectivity index is 2.32. The Hall–Kier alpha value is -1.41. The highest BCUT2D eigenvalue weighted by molar-refractivity contribution is 7.89. The largest absolute Gasteiger partial charge is 0.478 e. The van der Waals surface area contributed by atoms with Crippen LogP contribution in [0.2, 0.25) is 5.02 Å². The third-order valence-electron chi connectivity index (χ3n) is 2.78. The molecule has 0 bridgehead atoms. The number of hydrogen-bond donors (Lipinski definition) is 2. The lowest BCUT2D eigenvalue weighted by molar-refractivity contribution is 0.0697. The van der Waals surface area contributed by atoms with Crippen LogP contribution in [0, 0.1) is 0 Å². The number of halogens is 1. The minimum absolute atomic E-state index is 0.00671. The lowest BCUT2D eigenvalue weighted by atomic mass is 10.2. The summed E-state index contributed by atoms with van der Waals surface area (Å²) >= 11 is 7.17. The van der Waals surface area contributed by atoms with Gasteiger partial charge in [-0.2, -0.15) is 0 Å². The molecule has 1 aromatic carbocycles. The second-order valence-corrected chi connectivity index (χ2v) is 7.41. The van der Waals surface area contributed by atoms with Crippen LogP contribution in [0.3, 0.4) is 0 Å². The zero-order valence-electron chi connectivity index (χ0n) is 10.9. The van der Waals surface area contributed by atoms with Gasteiger partial charge in [0.2, 0.25) is 10.0 Å². The molecular formula is C13H12ClNO4S2. The fourth-order valence-corrected chi connectivity index (χ4v) is 3.99. The van der Waals surface area contributed by atoms with Gasteiger partial charge in [0.05, 0.1) is 21.5 Å². The Labute approximate surface area is 131 Å². The van der Waals surface area contributed by atoms with Crippen molar-refractivity contribution in [3.8, 4) is 0 Å². The van der Waals surface area contributed by atoms with Crippen molar-refractivity contribution in [1.82, 2.24) is 4.72 Å². The van der Waals surface area contributed by atoms with Gasteiger partial charge in [-0.15, -0.1) is 11.3 Å². The zero-order chi connectivity index (χ0) is 15.6. The molecule has 2 aromatic rings. The fourth-order valence-electron chi connectivity index (χ4n) is 1.73. The standard InChI is InChI=1S/C13H12ClNO4S2/c1-8(12-3-2-6-20-12)15-21(18,19)9-4-5-11(14)10(7-9)13(16)17/h2-8,15H,1H3,(H,16,17). The van der Waals surface area contributed by atoms with E-state index in [9.17, 15) is 13.2 Å². The third-order valence-corrected chi connectivity index (χ3v) is 5.70. The summed E-state index contributed by atoms with van der Waals surface area (Å²) in [5.41, 5.74) is -0.247. The van der Waals surface area contributed by atoms with Crippen molar-refractivity contribution in [2.45, 2.75) is 17.9 Å². The number of rotatable bonds is 5. The van der Waals surface area contributed by atoms with Crippen molar-refractivity contribution in [2.75, 3.05) is 0 Å². The van der Waals surface area contributed by atoms with E-state index in [1.807, 2.05) is 17.5 Å². The molecule has 0 aliphatic rings. The summed E-state index contributed by atoms with van der Waals surface area (Å²) in [5.74, 6) is -1.27. The van der Waals surface area contributed by atoms with E-state index >= 15 is 0 Å². The van der Waals surface area contributed by atoms with E-state index in [4.69, 9.17) is 16.7 Å². The van der Waals surface area contributed by atoms with Gasteiger partial charge < -0.3 is 5.11 Å². The first-order valence-corrected chi connectivity index (χ1v) is 8.64. The molecule has 1 aromatic heterocycles. The van der Waals surface area contributed by atoms with Crippen LogP contribution in [0.5, 0.6) is 0 Å². The Kier molecular flexibility index (Phi) is 4.67. The van der Waals surface area contributed by atoms with Crippen LogP contribution in [-0.2, 0) is 10.0 Å². The van der Waals surface area contributed by atoms with Crippen LogP contribution < -0.4 is 4.72 Å². The lowest BCUT2D eigenvalue weighted by Crippen LogP contribution is -2.26. The van der Waals surface area contributed by atoms with Gasteiger partial charge in [0.15, 0.2) is 0 Å². The quantitative estimate of drug-likeness (QED) is 0.872. The molecule has 8 heteroatoms. The van der Waals surface area contributed by atoms with Crippen LogP contribution in [0.15, 0.2) is 40.6 Å². The number of carboxylic acids is 1. The summed E-state index contributed by atoms with van der Waals surface area (Å²) in [6.45, 7) is 1.72.